The molecule has 0 saturated carbocycles. The standard InChI is InChI=1S/C6H8ClN/c1-5-3-2-4-6(7)8-5/h2-3,6H,4H2,1H3. The van der Waals surface area contributed by atoms with E-state index in [2.05, 4.69) is 4.99 Å². The zero-order valence-electron chi connectivity index (χ0n) is 4.76. The SMILES string of the molecule is CC1=NC(Cl)CC=C1. The second kappa shape index (κ2) is 2.31. The first kappa shape index (κ1) is 5.83. The highest BCUT2D eigenvalue weighted by Crippen LogP contribution is 2.09. The number of dihydropyridines is 1. The number of hydrogen-bond acceptors (Lipinski definition) is 1. The van der Waals surface area contributed by atoms with E-state index in [1.54, 1.807) is 0 Å². The Labute approximate surface area is 54.1 Å². The molecule has 0 aliphatic carbocycles. The molecule has 0 fully saturated rings. The quantitative estimate of drug-likeness (QED) is 0.350. The minimum atomic E-state index is -0.0139. The molecule has 1 aliphatic heterocycles. The Hall–Kier alpha value is -0.300. The number of aliphatic imine (C=N–C) groups is 1. The Balaban J connectivity index is 2.63. The van der Waals surface area contributed by atoms with Gasteiger partial charge in [0.15, 0.2) is 0 Å². The molecule has 8 heavy (non-hydrogen) atoms. The molecular weight excluding hydrogens is 122 g/mol. The molecule has 0 bridgehead atoms. The van der Waals surface area contributed by atoms with Crippen LogP contribution in [0.5, 0.6) is 0 Å². The predicted molar refractivity (Wildman–Crippen MR) is 36.5 cm³/mol. The van der Waals surface area contributed by atoms with Crippen molar-refractivity contribution in [1.29, 1.82) is 0 Å². The highest BCUT2D eigenvalue weighted by Gasteiger charge is 2.01. The molecule has 0 aromatic rings. The van der Waals surface area contributed by atoms with Crippen LogP contribution in [0.1, 0.15) is 13.3 Å². The molecule has 0 radical (unpaired) electrons. The summed E-state index contributed by atoms with van der Waals surface area (Å²) in [6.45, 7) is 1.95. The van der Waals surface area contributed by atoms with Gasteiger partial charge >= 0.3 is 0 Å². The van der Waals surface area contributed by atoms with Crippen LogP contribution >= 0.6 is 11.6 Å². The van der Waals surface area contributed by atoms with Gasteiger partial charge in [-0.1, -0.05) is 17.7 Å². The Bertz CT molecular complexity index is 137. The summed E-state index contributed by atoms with van der Waals surface area (Å²) < 4.78 is 0. The molecule has 0 spiro atoms. The number of halogens is 1. The molecule has 1 atom stereocenters. The predicted octanol–water partition coefficient (Wildman–Crippen LogP) is 1.97. The fourth-order valence-corrected chi connectivity index (χ4v) is 0.924. The van der Waals surface area contributed by atoms with Crippen molar-refractivity contribution < 1.29 is 0 Å². The van der Waals surface area contributed by atoms with Gasteiger partial charge in [-0.05, 0) is 13.0 Å². The summed E-state index contributed by atoms with van der Waals surface area (Å²) >= 11 is 5.67. The third kappa shape index (κ3) is 1.34. The van der Waals surface area contributed by atoms with E-state index in [0.717, 1.165) is 12.1 Å². The lowest BCUT2D eigenvalue weighted by molar-refractivity contribution is 0.909. The molecule has 1 rings (SSSR count). The fraction of sp³-hybridized carbons (Fsp3) is 0.500. The lowest BCUT2D eigenvalue weighted by atomic mass is 10.2. The van der Waals surface area contributed by atoms with Crippen molar-refractivity contribution in [3.05, 3.63) is 12.2 Å². The summed E-state index contributed by atoms with van der Waals surface area (Å²) in [6.07, 6.45) is 4.90. The van der Waals surface area contributed by atoms with E-state index in [0.29, 0.717) is 0 Å². The fourth-order valence-electron chi connectivity index (χ4n) is 0.668. The van der Waals surface area contributed by atoms with E-state index in [-0.39, 0.29) is 5.50 Å². The maximum atomic E-state index is 5.67. The second-order valence-electron chi connectivity index (χ2n) is 1.84. The van der Waals surface area contributed by atoms with Gasteiger partial charge in [0.2, 0.25) is 0 Å². The molecule has 2 heteroatoms. The average Bonchev–Trinajstić information content (AvgIpc) is 1.64. The summed E-state index contributed by atoms with van der Waals surface area (Å²) in [6, 6.07) is 0. The van der Waals surface area contributed by atoms with Gasteiger partial charge in [0.1, 0.15) is 5.50 Å². The molecular formula is C6H8ClN. The van der Waals surface area contributed by atoms with E-state index in [9.17, 15) is 0 Å². The van der Waals surface area contributed by atoms with E-state index in [1.165, 1.54) is 0 Å². The van der Waals surface area contributed by atoms with Crippen molar-refractivity contribution in [3.8, 4) is 0 Å². The number of rotatable bonds is 0. The minimum absolute atomic E-state index is 0.0139. The van der Waals surface area contributed by atoms with Gasteiger partial charge in [-0.15, -0.1) is 0 Å². The summed E-state index contributed by atoms with van der Waals surface area (Å²) in [5, 5.41) is 0. The highest BCUT2D eigenvalue weighted by molar-refractivity contribution is 6.21. The van der Waals surface area contributed by atoms with Crippen LogP contribution in [-0.4, -0.2) is 11.2 Å². The molecule has 0 N–H and O–H groups in total. The van der Waals surface area contributed by atoms with Gasteiger partial charge in [0.25, 0.3) is 0 Å². The number of nitrogens with zero attached hydrogens (tertiary/aromatic N) is 1. The Morgan fingerprint density at radius 2 is 2.62 bits per heavy atom. The van der Waals surface area contributed by atoms with Crippen LogP contribution in [0.25, 0.3) is 0 Å². The van der Waals surface area contributed by atoms with Gasteiger partial charge in [-0.3, -0.25) is 4.99 Å². The lowest BCUT2D eigenvalue weighted by Crippen LogP contribution is -2.01. The van der Waals surface area contributed by atoms with E-state index >= 15 is 0 Å². The van der Waals surface area contributed by atoms with Crippen molar-refractivity contribution in [2.24, 2.45) is 4.99 Å². The summed E-state index contributed by atoms with van der Waals surface area (Å²) in [5.41, 5.74) is 1.01. The van der Waals surface area contributed by atoms with E-state index in [4.69, 9.17) is 11.6 Å². The van der Waals surface area contributed by atoms with Crippen LogP contribution in [0.3, 0.4) is 0 Å². The highest BCUT2D eigenvalue weighted by atomic mass is 35.5. The Morgan fingerprint density at radius 1 is 1.88 bits per heavy atom. The van der Waals surface area contributed by atoms with Gasteiger partial charge < -0.3 is 0 Å². The van der Waals surface area contributed by atoms with Gasteiger partial charge in [0.05, 0.1) is 0 Å². The van der Waals surface area contributed by atoms with Crippen molar-refractivity contribution >= 4 is 17.3 Å². The molecule has 0 amide bonds. The number of alkyl halides is 1. The molecule has 1 nitrogen and oxygen atoms in total. The molecule has 0 saturated heterocycles. The van der Waals surface area contributed by atoms with Crippen LogP contribution in [0.15, 0.2) is 17.1 Å². The molecule has 1 aliphatic rings. The maximum absolute atomic E-state index is 5.67. The van der Waals surface area contributed by atoms with Gasteiger partial charge in [-0.2, -0.15) is 0 Å². The zero-order chi connectivity index (χ0) is 5.98. The lowest BCUT2D eigenvalue weighted by Gasteiger charge is -2.04. The van der Waals surface area contributed by atoms with Crippen molar-refractivity contribution in [1.82, 2.24) is 0 Å². The first-order valence-corrected chi connectivity index (χ1v) is 3.07. The van der Waals surface area contributed by atoms with Crippen LogP contribution in [0.2, 0.25) is 0 Å². The smallest absolute Gasteiger partial charge is 0.127 e. The monoisotopic (exact) mass is 129 g/mol. The molecule has 1 unspecified atom stereocenters. The van der Waals surface area contributed by atoms with Crippen LogP contribution in [0, 0.1) is 0 Å². The number of allylic oxidation sites excluding steroid dienone is 1. The zero-order valence-corrected chi connectivity index (χ0v) is 5.52. The molecule has 0 aromatic heterocycles. The second-order valence-corrected chi connectivity index (χ2v) is 2.35. The Kier molecular flexibility index (Phi) is 1.69. The third-order valence-corrected chi connectivity index (χ3v) is 1.31. The van der Waals surface area contributed by atoms with Crippen molar-refractivity contribution in [2.45, 2.75) is 18.8 Å². The van der Waals surface area contributed by atoms with Crippen LogP contribution in [0.4, 0.5) is 0 Å². The van der Waals surface area contributed by atoms with Gasteiger partial charge in [-0.25, -0.2) is 0 Å². The third-order valence-electron chi connectivity index (χ3n) is 1.03. The molecule has 44 valence electrons. The van der Waals surface area contributed by atoms with Gasteiger partial charge in [0, 0.05) is 12.1 Å². The summed E-state index contributed by atoms with van der Waals surface area (Å²) in [5.74, 6) is 0. The Morgan fingerprint density at radius 3 is 3.00 bits per heavy atom. The van der Waals surface area contributed by atoms with Crippen LogP contribution < -0.4 is 0 Å². The number of hydrogen-bond donors (Lipinski definition) is 0. The molecule has 0 aromatic carbocycles. The maximum Gasteiger partial charge on any atom is 0.127 e. The average molecular weight is 130 g/mol. The largest absolute Gasteiger partial charge is 0.270 e. The van der Waals surface area contributed by atoms with Crippen molar-refractivity contribution in [2.75, 3.05) is 0 Å². The minimum Gasteiger partial charge on any atom is -0.270 e. The molecule has 1 heterocycles. The first-order valence-electron chi connectivity index (χ1n) is 2.64. The summed E-state index contributed by atoms with van der Waals surface area (Å²) in [4.78, 5) is 4.08. The van der Waals surface area contributed by atoms with E-state index < -0.39 is 0 Å². The normalized spacial score (nSPS) is 27.8. The van der Waals surface area contributed by atoms with Crippen LogP contribution in [-0.2, 0) is 0 Å². The first-order chi connectivity index (χ1) is 3.79. The summed E-state index contributed by atoms with van der Waals surface area (Å²) in [7, 11) is 0. The van der Waals surface area contributed by atoms with E-state index in [1.807, 2.05) is 19.1 Å². The topological polar surface area (TPSA) is 12.4 Å². The van der Waals surface area contributed by atoms with Crippen molar-refractivity contribution in [3.63, 3.8) is 0 Å².